The Kier molecular flexibility index (Phi) is 3.29. The third-order valence-corrected chi connectivity index (χ3v) is 3.36. The molecule has 88 valence electrons. The van der Waals surface area contributed by atoms with Gasteiger partial charge in [-0.3, -0.25) is 4.98 Å². The van der Waals surface area contributed by atoms with Gasteiger partial charge >= 0.3 is 0 Å². The number of nitrogen functional groups attached to an aromatic ring is 1. The Hall–Kier alpha value is -1.29. The zero-order valence-electron chi connectivity index (χ0n) is 10.1. The first-order valence-corrected chi connectivity index (χ1v) is 5.79. The highest BCUT2D eigenvalue weighted by Gasteiger charge is 2.21. The third-order valence-electron chi connectivity index (χ3n) is 3.36. The van der Waals surface area contributed by atoms with Crippen molar-refractivity contribution in [2.45, 2.75) is 18.9 Å². The number of hydrogen-bond acceptors (Lipinski definition) is 4. The second-order valence-electron chi connectivity index (χ2n) is 4.62. The van der Waals surface area contributed by atoms with Crippen LogP contribution < -0.4 is 10.6 Å². The highest BCUT2D eigenvalue weighted by Crippen LogP contribution is 2.25. The lowest BCUT2D eigenvalue weighted by Gasteiger charge is -2.36. The van der Waals surface area contributed by atoms with E-state index in [9.17, 15) is 0 Å². The van der Waals surface area contributed by atoms with Crippen molar-refractivity contribution in [3.63, 3.8) is 0 Å². The zero-order chi connectivity index (χ0) is 11.5. The van der Waals surface area contributed by atoms with Crippen molar-refractivity contribution in [1.82, 2.24) is 9.88 Å². The Morgan fingerprint density at radius 3 is 2.62 bits per heavy atom. The van der Waals surface area contributed by atoms with E-state index in [1.165, 1.54) is 12.8 Å². The Balaban J connectivity index is 2.02. The molecule has 0 bridgehead atoms. The van der Waals surface area contributed by atoms with Crippen LogP contribution in [0.5, 0.6) is 0 Å². The van der Waals surface area contributed by atoms with Crippen LogP contribution >= 0.6 is 0 Å². The summed E-state index contributed by atoms with van der Waals surface area (Å²) < 4.78 is 0. The molecule has 1 aliphatic heterocycles. The van der Waals surface area contributed by atoms with Crippen molar-refractivity contribution in [3.05, 3.63) is 18.5 Å². The van der Waals surface area contributed by atoms with Crippen molar-refractivity contribution in [2.24, 2.45) is 0 Å². The first-order valence-electron chi connectivity index (χ1n) is 5.79. The van der Waals surface area contributed by atoms with Crippen LogP contribution in [0.2, 0.25) is 0 Å². The van der Waals surface area contributed by atoms with Crippen molar-refractivity contribution in [2.75, 3.05) is 37.8 Å². The number of nitrogens with two attached hydrogens (primary N) is 1. The monoisotopic (exact) mass is 220 g/mol. The van der Waals surface area contributed by atoms with Gasteiger partial charge in [-0.25, -0.2) is 0 Å². The van der Waals surface area contributed by atoms with Gasteiger partial charge in [0.05, 0.1) is 17.6 Å². The molecule has 0 amide bonds. The van der Waals surface area contributed by atoms with E-state index >= 15 is 0 Å². The van der Waals surface area contributed by atoms with Crippen molar-refractivity contribution >= 4 is 11.4 Å². The van der Waals surface area contributed by atoms with Gasteiger partial charge in [-0.15, -0.1) is 0 Å². The summed E-state index contributed by atoms with van der Waals surface area (Å²) in [5.41, 5.74) is 7.85. The average molecular weight is 220 g/mol. The van der Waals surface area contributed by atoms with Gasteiger partial charge in [0, 0.05) is 25.3 Å². The number of rotatable bonds is 2. The van der Waals surface area contributed by atoms with Gasteiger partial charge in [0.25, 0.3) is 0 Å². The van der Waals surface area contributed by atoms with Gasteiger partial charge in [0.15, 0.2) is 0 Å². The average Bonchev–Trinajstić information content (AvgIpc) is 2.30. The van der Waals surface area contributed by atoms with E-state index in [0.717, 1.165) is 24.5 Å². The first kappa shape index (κ1) is 11.2. The van der Waals surface area contributed by atoms with E-state index < -0.39 is 0 Å². The van der Waals surface area contributed by atoms with E-state index in [2.05, 4.69) is 28.9 Å². The van der Waals surface area contributed by atoms with Crippen LogP contribution in [0, 0.1) is 0 Å². The molecule has 2 rings (SSSR count). The Bertz CT molecular complexity index is 343. The molecule has 4 heteroatoms. The minimum atomic E-state index is 0.708. The standard InChI is InChI=1S/C12H20N4/c1-15(2)10-4-7-16(8-5-10)12-3-6-14-9-11(12)13/h3,6,9-10H,4-5,7-8,13H2,1-2H3. The molecule has 4 nitrogen and oxygen atoms in total. The van der Waals surface area contributed by atoms with Crippen LogP contribution in [0.25, 0.3) is 0 Å². The molecule has 2 N–H and O–H groups in total. The fourth-order valence-electron chi connectivity index (χ4n) is 2.31. The SMILES string of the molecule is CN(C)C1CCN(c2ccncc2N)CC1. The number of piperidine rings is 1. The van der Waals surface area contributed by atoms with Gasteiger partial charge in [0.1, 0.15) is 0 Å². The van der Waals surface area contributed by atoms with E-state index in [4.69, 9.17) is 5.73 Å². The summed E-state index contributed by atoms with van der Waals surface area (Å²) >= 11 is 0. The van der Waals surface area contributed by atoms with Gasteiger partial charge in [-0.05, 0) is 33.0 Å². The molecule has 0 atom stereocenters. The zero-order valence-corrected chi connectivity index (χ0v) is 10.1. The second kappa shape index (κ2) is 4.70. The lowest BCUT2D eigenvalue weighted by atomic mass is 10.0. The lowest BCUT2D eigenvalue weighted by molar-refractivity contribution is 0.250. The summed E-state index contributed by atoms with van der Waals surface area (Å²) in [6, 6.07) is 2.71. The van der Waals surface area contributed by atoms with Crippen LogP contribution in [0.3, 0.4) is 0 Å². The summed E-state index contributed by atoms with van der Waals surface area (Å²) in [5, 5.41) is 0. The van der Waals surface area contributed by atoms with E-state index in [1.807, 2.05) is 12.3 Å². The summed E-state index contributed by atoms with van der Waals surface area (Å²) in [4.78, 5) is 8.69. The fourth-order valence-corrected chi connectivity index (χ4v) is 2.31. The number of anilines is 2. The summed E-state index contributed by atoms with van der Waals surface area (Å²) in [5.74, 6) is 0. The number of nitrogens with zero attached hydrogens (tertiary/aromatic N) is 3. The fraction of sp³-hybridized carbons (Fsp3) is 0.583. The molecule has 1 aliphatic rings. The number of pyridine rings is 1. The smallest absolute Gasteiger partial charge is 0.0738 e. The topological polar surface area (TPSA) is 45.4 Å². The van der Waals surface area contributed by atoms with E-state index in [-0.39, 0.29) is 0 Å². The number of aromatic nitrogens is 1. The van der Waals surface area contributed by atoms with E-state index in [0.29, 0.717) is 6.04 Å². The molecule has 0 unspecified atom stereocenters. The van der Waals surface area contributed by atoms with Crippen molar-refractivity contribution < 1.29 is 0 Å². The molecule has 0 saturated carbocycles. The summed E-state index contributed by atoms with van der Waals surface area (Å²) in [7, 11) is 4.31. The largest absolute Gasteiger partial charge is 0.396 e. The predicted molar refractivity (Wildman–Crippen MR) is 67.6 cm³/mol. The Morgan fingerprint density at radius 1 is 1.38 bits per heavy atom. The predicted octanol–water partition coefficient (Wildman–Crippen LogP) is 1.19. The molecule has 1 aromatic rings. The lowest BCUT2D eigenvalue weighted by Crippen LogP contribution is -2.42. The van der Waals surface area contributed by atoms with Crippen LogP contribution in [-0.2, 0) is 0 Å². The van der Waals surface area contributed by atoms with Crippen LogP contribution in [0.4, 0.5) is 11.4 Å². The Morgan fingerprint density at radius 2 is 2.06 bits per heavy atom. The number of hydrogen-bond donors (Lipinski definition) is 1. The van der Waals surface area contributed by atoms with Gasteiger partial charge < -0.3 is 15.5 Å². The van der Waals surface area contributed by atoms with Crippen LogP contribution in [-0.4, -0.2) is 43.1 Å². The van der Waals surface area contributed by atoms with Crippen molar-refractivity contribution in [1.29, 1.82) is 0 Å². The summed E-state index contributed by atoms with van der Waals surface area (Å²) in [6.07, 6.45) is 5.95. The first-order chi connectivity index (χ1) is 7.68. The third kappa shape index (κ3) is 2.27. The minimum Gasteiger partial charge on any atom is -0.396 e. The highest BCUT2D eigenvalue weighted by atomic mass is 15.2. The van der Waals surface area contributed by atoms with Crippen LogP contribution in [0.1, 0.15) is 12.8 Å². The maximum absolute atomic E-state index is 5.93. The normalized spacial score (nSPS) is 18.1. The Labute approximate surface area is 97.1 Å². The molecule has 0 aliphatic carbocycles. The molecule has 1 fully saturated rings. The molecular weight excluding hydrogens is 200 g/mol. The quantitative estimate of drug-likeness (QED) is 0.813. The molecule has 1 saturated heterocycles. The summed E-state index contributed by atoms with van der Waals surface area (Å²) in [6.45, 7) is 2.16. The second-order valence-corrected chi connectivity index (χ2v) is 4.62. The molecule has 16 heavy (non-hydrogen) atoms. The van der Waals surface area contributed by atoms with Gasteiger partial charge in [0.2, 0.25) is 0 Å². The van der Waals surface area contributed by atoms with Crippen LogP contribution in [0.15, 0.2) is 18.5 Å². The molecule has 0 aromatic carbocycles. The molecule has 0 radical (unpaired) electrons. The minimum absolute atomic E-state index is 0.708. The van der Waals surface area contributed by atoms with E-state index in [1.54, 1.807) is 6.20 Å². The molecule has 1 aromatic heterocycles. The molecule has 2 heterocycles. The maximum atomic E-state index is 5.93. The highest BCUT2D eigenvalue weighted by molar-refractivity contribution is 5.66. The molecule has 0 spiro atoms. The van der Waals surface area contributed by atoms with Gasteiger partial charge in [-0.1, -0.05) is 0 Å². The maximum Gasteiger partial charge on any atom is 0.0738 e. The molecular formula is C12H20N4. The van der Waals surface area contributed by atoms with Gasteiger partial charge in [-0.2, -0.15) is 0 Å². The van der Waals surface area contributed by atoms with Crippen molar-refractivity contribution in [3.8, 4) is 0 Å².